The van der Waals surface area contributed by atoms with E-state index in [1.165, 1.54) is 17.0 Å². The van der Waals surface area contributed by atoms with Crippen LogP contribution in [0.5, 0.6) is 0 Å². The van der Waals surface area contributed by atoms with Gasteiger partial charge >= 0.3 is 0 Å². The SMILES string of the molecule is CSc1ccc(N2CCCNC(C)C2)cc1. The van der Waals surface area contributed by atoms with Gasteiger partial charge in [-0.05, 0) is 50.4 Å². The van der Waals surface area contributed by atoms with E-state index in [1.807, 2.05) is 0 Å². The van der Waals surface area contributed by atoms with Crippen LogP contribution in [0.15, 0.2) is 29.2 Å². The lowest BCUT2D eigenvalue weighted by atomic mass is 10.2. The molecule has 1 aliphatic rings. The highest BCUT2D eigenvalue weighted by Crippen LogP contribution is 2.21. The third-order valence-electron chi connectivity index (χ3n) is 3.03. The number of hydrogen-bond donors (Lipinski definition) is 1. The van der Waals surface area contributed by atoms with E-state index in [1.54, 1.807) is 11.8 Å². The molecule has 1 saturated heterocycles. The van der Waals surface area contributed by atoms with Crippen LogP contribution in [0.2, 0.25) is 0 Å². The average Bonchev–Trinajstić information content (AvgIpc) is 2.54. The van der Waals surface area contributed by atoms with E-state index in [4.69, 9.17) is 0 Å². The zero-order valence-corrected chi connectivity index (χ0v) is 10.9. The van der Waals surface area contributed by atoms with Crippen molar-refractivity contribution in [2.75, 3.05) is 30.8 Å². The Kier molecular flexibility index (Phi) is 4.13. The molecule has 0 aromatic heterocycles. The minimum atomic E-state index is 0.586. The first kappa shape index (κ1) is 11.8. The molecule has 1 fully saturated rings. The Balaban J connectivity index is 2.09. The molecule has 1 atom stereocenters. The van der Waals surface area contributed by atoms with Gasteiger partial charge in [0.1, 0.15) is 0 Å². The summed E-state index contributed by atoms with van der Waals surface area (Å²) in [6.45, 7) is 5.67. The van der Waals surface area contributed by atoms with Crippen LogP contribution < -0.4 is 10.2 Å². The summed E-state index contributed by atoms with van der Waals surface area (Å²) in [4.78, 5) is 3.82. The first-order valence-corrected chi connectivity index (χ1v) is 7.14. The molecule has 0 radical (unpaired) electrons. The predicted octanol–water partition coefficient (Wildman–Crippen LogP) is 2.60. The van der Waals surface area contributed by atoms with Gasteiger partial charge in [-0.1, -0.05) is 0 Å². The fourth-order valence-corrected chi connectivity index (χ4v) is 2.54. The Labute approximate surface area is 102 Å². The second-order valence-electron chi connectivity index (χ2n) is 4.35. The summed E-state index contributed by atoms with van der Waals surface area (Å²) < 4.78 is 0. The van der Waals surface area contributed by atoms with E-state index >= 15 is 0 Å². The van der Waals surface area contributed by atoms with E-state index in [9.17, 15) is 0 Å². The number of benzene rings is 1. The van der Waals surface area contributed by atoms with Crippen LogP contribution in [0, 0.1) is 0 Å². The maximum absolute atomic E-state index is 3.52. The molecule has 1 aromatic carbocycles. The van der Waals surface area contributed by atoms with Crippen molar-refractivity contribution in [1.82, 2.24) is 5.32 Å². The van der Waals surface area contributed by atoms with Crippen LogP contribution >= 0.6 is 11.8 Å². The van der Waals surface area contributed by atoms with Crippen molar-refractivity contribution in [3.63, 3.8) is 0 Å². The highest BCUT2D eigenvalue weighted by molar-refractivity contribution is 7.98. The molecule has 2 nitrogen and oxygen atoms in total. The van der Waals surface area contributed by atoms with E-state index in [0.717, 1.165) is 19.6 Å². The van der Waals surface area contributed by atoms with Crippen LogP contribution in [0.1, 0.15) is 13.3 Å². The highest BCUT2D eigenvalue weighted by atomic mass is 32.2. The summed E-state index contributed by atoms with van der Waals surface area (Å²) in [7, 11) is 0. The third-order valence-corrected chi connectivity index (χ3v) is 3.77. The van der Waals surface area contributed by atoms with Crippen molar-refractivity contribution >= 4 is 17.4 Å². The Morgan fingerprint density at radius 2 is 2.06 bits per heavy atom. The minimum Gasteiger partial charge on any atom is -0.370 e. The maximum Gasteiger partial charge on any atom is 0.0367 e. The van der Waals surface area contributed by atoms with Crippen LogP contribution in [0.4, 0.5) is 5.69 Å². The molecule has 16 heavy (non-hydrogen) atoms. The van der Waals surface area contributed by atoms with Gasteiger partial charge in [-0.2, -0.15) is 0 Å². The molecule has 1 unspecified atom stereocenters. The zero-order valence-electron chi connectivity index (χ0n) is 10.1. The average molecular weight is 236 g/mol. The molecule has 1 aliphatic heterocycles. The van der Waals surface area contributed by atoms with Crippen molar-refractivity contribution in [2.45, 2.75) is 24.3 Å². The highest BCUT2D eigenvalue weighted by Gasteiger charge is 2.13. The Hall–Kier alpha value is -0.670. The Morgan fingerprint density at radius 3 is 2.75 bits per heavy atom. The normalized spacial score (nSPS) is 21.9. The minimum absolute atomic E-state index is 0.586. The first-order valence-electron chi connectivity index (χ1n) is 5.92. The summed E-state index contributed by atoms with van der Waals surface area (Å²) in [5.41, 5.74) is 1.35. The molecular weight excluding hydrogens is 216 g/mol. The van der Waals surface area contributed by atoms with Crippen LogP contribution in [0.3, 0.4) is 0 Å². The molecule has 0 bridgehead atoms. The standard InChI is InChI=1S/C13H20N2S/c1-11-10-15(9-3-8-14-11)12-4-6-13(16-2)7-5-12/h4-7,11,14H,3,8-10H2,1-2H3. The lowest BCUT2D eigenvalue weighted by Crippen LogP contribution is -2.35. The number of nitrogens with one attached hydrogen (secondary N) is 1. The van der Waals surface area contributed by atoms with Crippen molar-refractivity contribution in [1.29, 1.82) is 0 Å². The van der Waals surface area contributed by atoms with Crippen LogP contribution in [0.25, 0.3) is 0 Å². The van der Waals surface area contributed by atoms with Gasteiger partial charge in [0, 0.05) is 29.7 Å². The van der Waals surface area contributed by atoms with Gasteiger partial charge in [0.25, 0.3) is 0 Å². The molecule has 1 aromatic rings. The van der Waals surface area contributed by atoms with E-state index < -0.39 is 0 Å². The summed E-state index contributed by atoms with van der Waals surface area (Å²) in [5, 5.41) is 3.52. The van der Waals surface area contributed by atoms with E-state index in [2.05, 4.69) is 47.7 Å². The fraction of sp³-hybridized carbons (Fsp3) is 0.538. The van der Waals surface area contributed by atoms with Gasteiger partial charge in [-0.3, -0.25) is 0 Å². The summed E-state index contributed by atoms with van der Waals surface area (Å²) in [6, 6.07) is 9.49. The van der Waals surface area contributed by atoms with Crippen molar-refractivity contribution in [3.05, 3.63) is 24.3 Å². The smallest absolute Gasteiger partial charge is 0.0367 e. The summed E-state index contributed by atoms with van der Waals surface area (Å²) >= 11 is 1.80. The molecule has 0 spiro atoms. The Morgan fingerprint density at radius 1 is 1.31 bits per heavy atom. The van der Waals surface area contributed by atoms with Gasteiger partial charge in [0.2, 0.25) is 0 Å². The quantitative estimate of drug-likeness (QED) is 0.795. The Bertz CT molecular complexity index is 323. The molecule has 3 heteroatoms. The maximum atomic E-state index is 3.52. The van der Waals surface area contributed by atoms with Crippen molar-refractivity contribution in [2.24, 2.45) is 0 Å². The molecule has 1 N–H and O–H groups in total. The third kappa shape index (κ3) is 2.92. The van der Waals surface area contributed by atoms with Crippen molar-refractivity contribution in [3.8, 4) is 0 Å². The number of rotatable bonds is 2. The fourth-order valence-electron chi connectivity index (χ4n) is 2.13. The summed E-state index contributed by atoms with van der Waals surface area (Å²) in [5.74, 6) is 0. The largest absolute Gasteiger partial charge is 0.370 e. The van der Waals surface area contributed by atoms with Gasteiger partial charge in [0.15, 0.2) is 0 Å². The molecule has 0 aliphatic carbocycles. The monoisotopic (exact) mass is 236 g/mol. The van der Waals surface area contributed by atoms with Gasteiger partial charge in [0.05, 0.1) is 0 Å². The second-order valence-corrected chi connectivity index (χ2v) is 5.23. The number of thioether (sulfide) groups is 1. The molecule has 0 saturated carbocycles. The molecule has 88 valence electrons. The van der Waals surface area contributed by atoms with Gasteiger partial charge < -0.3 is 10.2 Å². The topological polar surface area (TPSA) is 15.3 Å². The van der Waals surface area contributed by atoms with Crippen LogP contribution in [-0.4, -0.2) is 31.9 Å². The second kappa shape index (κ2) is 5.60. The predicted molar refractivity (Wildman–Crippen MR) is 72.5 cm³/mol. The number of nitrogens with zero attached hydrogens (tertiary/aromatic N) is 1. The zero-order chi connectivity index (χ0) is 11.4. The lowest BCUT2D eigenvalue weighted by molar-refractivity contribution is 0.585. The first-order chi connectivity index (χ1) is 7.79. The van der Waals surface area contributed by atoms with Crippen LogP contribution in [-0.2, 0) is 0 Å². The molecule has 1 heterocycles. The number of anilines is 1. The van der Waals surface area contributed by atoms with E-state index in [-0.39, 0.29) is 0 Å². The summed E-state index contributed by atoms with van der Waals surface area (Å²) in [6.07, 6.45) is 3.35. The number of hydrogen-bond acceptors (Lipinski definition) is 3. The molecular formula is C13H20N2S. The molecule has 2 rings (SSSR count). The lowest BCUT2D eigenvalue weighted by Gasteiger charge is -2.24. The van der Waals surface area contributed by atoms with Gasteiger partial charge in [-0.15, -0.1) is 11.8 Å². The van der Waals surface area contributed by atoms with E-state index in [0.29, 0.717) is 6.04 Å². The molecule has 0 amide bonds. The van der Waals surface area contributed by atoms with Crippen molar-refractivity contribution < 1.29 is 0 Å². The van der Waals surface area contributed by atoms with Gasteiger partial charge in [-0.25, -0.2) is 0 Å².